The largest absolute Gasteiger partial charge is 0.494 e. The first-order valence-corrected chi connectivity index (χ1v) is 11.5. The number of rotatable bonds is 11. The molecule has 1 aliphatic rings. The summed E-state index contributed by atoms with van der Waals surface area (Å²) in [6.45, 7) is 5.22. The third-order valence-electron chi connectivity index (χ3n) is 5.75. The van der Waals surface area contributed by atoms with Gasteiger partial charge in [-0.25, -0.2) is 4.79 Å². The Balaban J connectivity index is 1.37. The lowest BCUT2D eigenvalue weighted by Crippen LogP contribution is -2.31. The lowest BCUT2D eigenvalue weighted by Gasteiger charge is -2.26. The molecule has 4 rings (SSSR count). The van der Waals surface area contributed by atoms with Crippen LogP contribution in [0.15, 0.2) is 29.1 Å². The normalized spacial score (nSPS) is 14.6. The number of ether oxygens (including phenoxy) is 3. The van der Waals surface area contributed by atoms with Crippen LogP contribution in [0.2, 0.25) is 0 Å². The van der Waals surface area contributed by atoms with Crippen molar-refractivity contribution < 1.29 is 14.2 Å². The third kappa shape index (κ3) is 6.02. The smallest absolute Gasteiger partial charge is 0.328 e. The molecule has 10 nitrogen and oxygen atoms in total. The third-order valence-corrected chi connectivity index (χ3v) is 5.75. The van der Waals surface area contributed by atoms with Gasteiger partial charge >= 0.3 is 11.7 Å². The van der Waals surface area contributed by atoms with Gasteiger partial charge in [-0.3, -0.25) is 4.57 Å². The Kier molecular flexibility index (Phi) is 7.79. The van der Waals surface area contributed by atoms with Gasteiger partial charge in [0.05, 0.1) is 19.8 Å². The highest BCUT2D eigenvalue weighted by Crippen LogP contribution is 2.19. The second-order valence-corrected chi connectivity index (χ2v) is 8.20. The number of hydrogen-bond acceptors (Lipinski definition) is 8. The highest BCUT2D eigenvalue weighted by Gasteiger charge is 2.15. The summed E-state index contributed by atoms with van der Waals surface area (Å²) in [5.74, 6) is 0.987. The lowest BCUT2D eigenvalue weighted by atomic mass is 10.1. The maximum atomic E-state index is 12.5. The molecule has 0 atom stereocenters. The highest BCUT2D eigenvalue weighted by atomic mass is 16.5. The second kappa shape index (κ2) is 11.2. The van der Waals surface area contributed by atoms with E-state index in [0.29, 0.717) is 30.9 Å². The lowest BCUT2D eigenvalue weighted by molar-refractivity contribution is 0.141. The van der Waals surface area contributed by atoms with Crippen molar-refractivity contribution in [2.45, 2.75) is 32.2 Å². The van der Waals surface area contributed by atoms with Crippen LogP contribution < -0.4 is 20.9 Å². The van der Waals surface area contributed by atoms with E-state index in [9.17, 15) is 4.79 Å². The van der Waals surface area contributed by atoms with Crippen molar-refractivity contribution in [3.63, 3.8) is 0 Å². The number of likely N-dealkylation sites (tertiary alicyclic amines) is 1. The minimum Gasteiger partial charge on any atom is -0.494 e. The Hall–Kier alpha value is -3.11. The molecule has 0 aliphatic carbocycles. The van der Waals surface area contributed by atoms with Gasteiger partial charge in [-0.2, -0.15) is 9.97 Å². The van der Waals surface area contributed by atoms with Gasteiger partial charge in [-0.05, 0) is 50.0 Å². The van der Waals surface area contributed by atoms with E-state index < -0.39 is 0 Å². The number of nitrogens with zero attached hydrogens (tertiary/aromatic N) is 4. The van der Waals surface area contributed by atoms with Crippen LogP contribution in [-0.4, -0.2) is 71.0 Å². The molecular weight excluding hydrogens is 424 g/mol. The van der Waals surface area contributed by atoms with E-state index in [-0.39, 0.29) is 24.1 Å². The molecule has 3 N–H and O–H groups in total. The van der Waals surface area contributed by atoms with E-state index in [1.54, 1.807) is 7.11 Å². The summed E-state index contributed by atoms with van der Waals surface area (Å²) in [7, 11) is 1.58. The number of fused-ring (bicyclic) bond motifs is 1. The Morgan fingerprint density at radius 2 is 1.82 bits per heavy atom. The molecule has 0 amide bonds. The molecule has 2 aromatic heterocycles. The van der Waals surface area contributed by atoms with Gasteiger partial charge in [0, 0.05) is 13.7 Å². The van der Waals surface area contributed by atoms with Gasteiger partial charge in [-0.1, -0.05) is 18.6 Å². The first kappa shape index (κ1) is 23.1. The summed E-state index contributed by atoms with van der Waals surface area (Å²) in [5, 5.41) is 0. The second-order valence-electron chi connectivity index (χ2n) is 8.20. The monoisotopic (exact) mass is 456 g/mol. The Morgan fingerprint density at radius 1 is 1.03 bits per heavy atom. The number of imidazole rings is 1. The summed E-state index contributed by atoms with van der Waals surface area (Å²) >= 11 is 0. The number of nitrogen functional groups attached to an aromatic ring is 1. The molecule has 3 aromatic rings. The van der Waals surface area contributed by atoms with E-state index in [0.717, 1.165) is 24.3 Å². The fourth-order valence-corrected chi connectivity index (χ4v) is 3.99. The molecule has 0 radical (unpaired) electrons. The Bertz CT molecular complexity index is 1090. The average molecular weight is 457 g/mol. The van der Waals surface area contributed by atoms with E-state index in [1.807, 2.05) is 24.3 Å². The van der Waals surface area contributed by atoms with Gasteiger partial charge in [0.1, 0.15) is 17.9 Å². The van der Waals surface area contributed by atoms with E-state index >= 15 is 0 Å². The number of H-pyrrole nitrogens is 1. The number of aromatic amines is 1. The van der Waals surface area contributed by atoms with Crippen LogP contribution in [0.3, 0.4) is 0 Å². The number of piperidine rings is 1. The summed E-state index contributed by atoms with van der Waals surface area (Å²) in [6.07, 6.45) is 4.99. The number of nitrogens with one attached hydrogen (secondary N) is 1. The van der Waals surface area contributed by atoms with Crippen molar-refractivity contribution in [2.24, 2.45) is 0 Å². The molecule has 3 heterocycles. The minimum absolute atomic E-state index is 0.109. The van der Waals surface area contributed by atoms with Gasteiger partial charge < -0.3 is 29.8 Å². The van der Waals surface area contributed by atoms with Crippen molar-refractivity contribution in [2.75, 3.05) is 52.3 Å². The fourth-order valence-electron chi connectivity index (χ4n) is 3.99. The number of nitrogens with two attached hydrogens (primary N) is 1. The topological polar surface area (TPSA) is 121 Å². The number of aromatic nitrogens is 4. The summed E-state index contributed by atoms with van der Waals surface area (Å²) < 4.78 is 17.9. The molecule has 33 heavy (non-hydrogen) atoms. The fraction of sp³-hybridized carbons (Fsp3) is 0.522. The minimum atomic E-state index is -0.307. The molecule has 1 aliphatic heterocycles. The number of anilines is 1. The quantitative estimate of drug-likeness (QED) is 0.421. The van der Waals surface area contributed by atoms with Gasteiger partial charge in [0.2, 0.25) is 0 Å². The van der Waals surface area contributed by atoms with Crippen molar-refractivity contribution in [1.29, 1.82) is 0 Å². The maximum Gasteiger partial charge on any atom is 0.328 e. The average Bonchev–Trinajstić information content (AvgIpc) is 3.14. The van der Waals surface area contributed by atoms with Crippen LogP contribution in [-0.2, 0) is 11.3 Å². The van der Waals surface area contributed by atoms with E-state index in [1.165, 1.54) is 36.9 Å². The van der Waals surface area contributed by atoms with Crippen molar-refractivity contribution >= 4 is 17.0 Å². The number of benzene rings is 1. The zero-order chi connectivity index (χ0) is 23.0. The van der Waals surface area contributed by atoms with Crippen LogP contribution in [0.4, 0.5) is 5.82 Å². The predicted octanol–water partition coefficient (Wildman–Crippen LogP) is 2.03. The van der Waals surface area contributed by atoms with Crippen LogP contribution >= 0.6 is 0 Å². The van der Waals surface area contributed by atoms with E-state index in [2.05, 4.69) is 19.9 Å². The van der Waals surface area contributed by atoms with Gasteiger partial charge in [0.15, 0.2) is 11.5 Å². The summed E-state index contributed by atoms with van der Waals surface area (Å²) in [5.41, 5.74) is 7.43. The van der Waals surface area contributed by atoms with E-state index in [4.69, 9.17) is 19.9 Å². The molecule has 0 saturated carbocycles. The maximum absolute atomic E-state index is 12.5. The number of methoxy groups -OCH3 is 1. The van der Waals surface area contributed by atoms with Crippen LogP contribution in [0.1, 0.15) is 31.2 Å². The standard InChI is InChI=1S/C23H32N6O4/c1-31-14-15-33-22-26-20(24)19-21(27-22)29(23(30)25-19)16-17-6-8-18(9-7-17)32-13-5-12-28-10-3-2-4-11-28/h6-9H,2-5,10-16H2,1H3,(H,25,30)(H2,24,26,27). The predicted molar refractivity (Wildman–Crippen MR) is 126 cm³/mol. The Morgan fingerprint density at radius 3 is 2.58 bits per heavy atom. The van der Waals surface area contributed by atoms with Crippen LogP contribution in [0, 0.1) is 0 Å². The summed E-state index contributed by atoms with van der Waals surface area (Å²) in [6, 6.07) is 7.87. The Labute approximate surface area is 192 Å². The van der Waals surface area contributed by atoms with Gasteiger partial charge in [-0.15, -0.1) is 0 Å². The molecule has 1 saturated heterocycles. The zero-order valence-electron chi connectivity index (χ0n) is 19.1. The first-order valence-electron chi connectivity index (χ1n) is 11.5. The zero-order valence-corrected chi connectivity index (χ0v) is 19.1. The highest BCUT2D eigenvalue weighted by molar-refractivity contribution is 5.81. The molecule has 178 valence electrons. The molecule has 10 heteroatoms. The molecule has 0 bridgehead atoms. The molecule has 1 aromatic carbocycles. The molecule has 1 fully saturated rings. The van der Waals surface area contributed by atoms with Crippen molar-refractivity contribution in [1.82, 2.24) is 24.4 Å². The molecular formula is C23H32N6O4. The summed E-state index contributed by atoms with van der Waals surface area (Å²) in [4.78, 5) is 26.2. The molecule has 0 unspecified atom stereocenters. The van der Waals surface area contributed by atoms with Gasteiger partial charge in [0.25, 0.3) is 0 Å². The molecule has 0 spiro atoms. The SMILES string of the molecule is COCCOc1nc(N)c2[nH]c(=O)n(Cc3ccc(OCCCN4CCCCC4)cc3)c2n1. The van der Waals surface area contributed by atoms with Crippen LogP contribution in [0.25, 0.3) is 11.2 Å². The van der Waals surface area contributed by atoms with Crippen LogP contribution in [0.5, 0.6) is 11.8 Å². The number of hydrogen-bond donors (Lipinski definition) is 2. The van der Waals surface area contributed by atoms with Crippen molar-refractivity contribution in [3.8, 4) is 11.8 Å². The first-order chi connectivity index (χ1) is 16.1. The van der Waals surface area contributed by atoms with Crippen molar-refractivity contribution in [3.05, 3.63) is 40.3 Å².